The summed E-state index contributed by atoms with van der Waals surface area (Å²) in [5.74, 6) is 0.495. The molecule has 0 aliphatic carbocycles. The van der Waals surface area contributed by atoms with Gasteiger partial charge >= 0.3 is 6.18 Å². The molecule has 0 radical (unpaired) electrons. The van der Waals surface area contributed by atoms with Crippen molar-refractivity contribution in [2.45, 2.75) is 19.0 Å². The highest BCUT2D eigenvalue weighted by atomic mass is 19.4. The Hall–Kier alpha value is -2.52. The third kappa shape index (κ3) is 3.52. The van der Waals surface area contributed by atoms with E-state index in [0.717, 1.165) is 24.5 Å². The van der Waals surface area contributed by atoms with Crippen molar-refractivity contribution in [1.82, 2.24) is 0 Å². The number of aryl methyl sites for hydroxylation is 1. The van der Waals surface area contributed by atoms with E-state index in [1.807, 2.05) is 12.1 Å². The van der Waals surface area contributed by atoms with Crippen LogP contribution in [0.2, 0.25) is 0 Å². The van der Waals surface area contributed by atoms with Crippen LogP contribution in [0.15, 0.2) is 36.4 Å². The van der Waals surface area contributed by atoms with E-state index in [4.69, 9.17) is 10.00 Å². The van der Waals surface area contributed by atoms with Crippen LogP contribution in [-0.4, -0.2) is 13.7 Å². The van der Waals surface area contributed by atoms with Crippen molar-refractivity contribution in [2.24, 2.45) is 5.73 Å². The van der Waals surface area contributed by atoms with Crippen LogP contribution in [0.25, 0.3) is 11.1 Å². The number of benzene rings is 2. The first kappa shape index (κ1) is 17.8. The zero-order valence-electron chi connectivity index (χ0n) is 13.2. The van der Waals surface area contributed by atoms with Crippen LogP contribution in [0.4, 0.5) is 13.2 Å². The van der Waals surface area contributed by atoms with E-state index in [2.05, 4.69) is 5.73 Å². The summed E-state index contributed by atoms with van der Waals surface area (Å²) < 4.78 is 45.4. The lowest BCUT2D eigenvalue weighted by molar-refractivity contribution is -0.137. The summed E-state index contributed by atoms with van der Waals surface area (Å²) >= 11 is 0. The van der Waals surface area contributed by atoms with Gasteiger partial charge in [-0.2, -0.15) is 18.4 Å². The first-order valence-corrected chi connectivity index (χ1v) is 7.45. The summed E-state index contributed by atoms with van der Waals surface area (Å²) in [4.78, 5) is 0. The van der Waals surface area contributed by atoms with Gasteiger partial charge in [-0.1, -0.05) is 18.2 Å². The Balaban J connectivity index is 0.00000100. The Bertz CT molecular complexity index is 764. The number of hydrogen-bond donors (Lipinski definition) is 1. The van der Waals surface area contributed by atoms with E-state index >= 15 is 0 Å². The molecule has 1 heterocycles. The second-order valence-electron chi connectivity index (χ2n) is 5.12. The lowest BCUT2D eigenvalue weighted by Crippen LogP contribution is -2.11. The summed E-state index contributed by atoms with van der Waals surface area (Å²) in [6.45, 7) is 0.489. The number of halogens is 3. The standard InChI is InChI=1S/C17H12F3NO.CH5N/c18-17(19,20)15-7-6-11(10-21)9-14(15)13-5-1-3-12-4-2-8-22-16(12)13;1-2/h1,3,5-7,9H,2,4,8H2;2H2,1H3. The quantitative estimate of drug-likeness (QED) is 0.852. The van der Waals surface area contributed by atoms with Gasteiger partial charge in [0.2, 0.25) is 0 Å². The smallest absolute Gasteiger partial charge is 0.417 e. The molecule has 0 unspecified atom stereocenters. The van der Waals surface area contributed by atoms with Gasteiger partial charge in [0.25, 0.3) is 0 Å². The maximum atomic E-state index is 13.3. The number of ether oxygens (including phenoxy) is 1. The number of para-hydroxylation sites is 1. The van der Waals surface area contributed by atoms with Crippen LogP contribution in [0.1, 0.15) is 23.1 Å². The van der Waals surface area contributed by atoms with Crippen LogP contribution in [-0.2, 0) is 12.6 Å². The largest absolute Gasteiger partial charge is 0.493 e. The lowest BCUT2D eigenvalue weighted by Gasteiger charge is -2.22. The molecular weight excluding hydrogens is 317 g/mol. The van der Waals surface area contributed by atoms with Gasteiger partial charge in [-0.05, 0) is 49.2 Å². The maximum absolute atomic E-state index is 13.3. The molecule has 0 fully saturated rings. The Morgan fingerprint density at radius 3 is 2.54 bits per heavy atom. The van der Waals surface area contributed by atoms with Crippen LogP contribution >= 0.6 is 0 Å². The van der Waals surface area contributed by atoms with E-state index in [-0.39, 0.29) is 11.1 Å². The third-order valence-electron chi connectivity index (χ3n) is 3.68. The fourth-order valence-electron chi connectivity index (χ4n) is 2.68. The van der Waals surface area contributed by atoms with Crippen LogP contribution in [0, 0.1) is 11.3 Å². The van der Waals surface area contributed by atoms with Gasteiger partial charge in [-0.15, -0.1) is 0 Å². The second kappa shape index (κ2) is 7.37. The molecule has 3 nitrogen and oxygen atoms in total. The van der Waals surface area contributed by atoms with E-state index in [1.165, 1.54) is 19.2 Å². The molecule has 0 amide bonds. The fourth-order valence-corrected chi connectivity index (χ4v) is 2.68. The highest BCUT2D eigenvalue weighted by molar-refractivity contribution is 5.76. The summed E-state index contributed by atoms with van der Waals surface area (Å²) in [5, 5.41) is 8.98. The minimum Gasteiger partial charge on any atom is -0.493 e. The molecule has 2 aromatic carbocycles. The van der Waals surface area contributed by atoms with E-state index in [0.29, 0.717) is 17.9 Å². The van der Waals surface area contributed by atoms with Crippen LogP contribution < -0.4 is 10.5 Å². The van der Waals surface area contributed by atoms with Crippen molar-refractivity contribution in [3.05, 3.63) is 53.1 Å². The van der Waals surface area contributed by atoms with Gasteiger partial charge in [-0.25, -0.2) is 0 Å². The second-order valence-corrected chi connectivity index (χ2v) is 5.12. The Morgan fingerprint density at radius 2 is 1.88 bits per heavy atom. The summed E-state index contributed by atoms with van der Waals surface area (Å²) in [6, 6.07) is 10.5. The molecule has 0 atom stereocenters. The number of nitrogens with two attached hydrogens (primary N) is 1. The molecule has 0 spiro atoms. The Labute approximate surface area is 138 Å². The number of rotatable bonds is 1. The van der Waals surface area contributed by atoms with Crippen molar-refractivity contribution in [1.29, 1.82) is 5.26 Å². The van der Waals surface area contributed by atoms with E-state index in [1.54, 1.807) is 12.1 Å². The number of alkyl halides is 3. The van der Waals surface area contributed by atoms with Gasteiger partial charge in [0, 0.05) is 5.56 Å². The van der Waals surface area contributed by atoms with Gasteiger partial charge in [0.15, 0.2) is 0 Å². The van der Waals surface area contributed by atoms with Gasteiger partial charge in [-0.3, -0.25) is 0 Å². The van der Waals surface area contributed by atoms with Crippen LogP contribution in [0.3, 0.4) is 0 Å². The fraction of sp³-hybridized carbons (Fsp3) is 0.278. The molecule has 24 heavy (non-hydrogen) atoms. The summed E-state index contributed by atoms with van der Waals surface area (Å²) in [7, 11) is 1.50. The highest BCUT2D eigenvalue weighted by Crippen LogP contribution is 2.43. The molecule has 1 aliphatic rings. The molecule has 2 aromatic rings. The molecule has 0 bridgehead atoms. The number of nitrogens with zero attached hydrogens (tertiary/aromatic N) is 1. The maximum Gasteiger partial charge on any atom is 0.417 e. The van der Waals surface area contributed by atoms with Crippen LogP contribution in [0.5, 0.6) is 5.75 Å². The zero-order valence-corrected chi connectivity index (χ0v) is 13.2. The van der Waals surface area contributed by atoms with Gasteiger partial charge < -0.3 is 10.5 Å². The predicted molar refractivity (Wildman–Crippen MR) is 85.5 cm³/mol. The lowest BCUT2D eigenvalue weighted by atomic mass is 9.93. The molecule has 0 aromatic heterocycles. The monoisotopic (exact) mass is 334 g/mol. The molecule has 3 rings (SSSR count). The minimum atomic E-state index is -4.49. The first-order valence-electron chi connectivity index (χ1n) is 7.45. The van der Waals surface area contributed by atoms with Gasteiger partial charge in [0.1, 0.15) is 5.75 Å². The molecule has 0 saturated carbocycles. The number of hydrogen-bond acceptors (Lipinski definition) is 3. The molecular formula is C18H17F3N2O. The summed E-state index contributed by atoms with van der Waals surface area (Å²) in [6.07, 6.45) is -2.86. The zero-order chi connectivity index (χ0) is 17.7. The Morgan fingerprint density at radius 1 is 1.12 bits per heavy atom. The average Bonchev–Trinajstić information content (AvgIpc) is 2.61. The van der Waals surface area contributed by atoms with Crippen molar-refractivity contribution in [2.75, 3.05) is 13.7 Å². The summed E-state index contributed by atoms with van der Waals surface area (Å²) in [5.41, 5.74) is 5.22. The van der Waals surface area contributed by atoms with E-state index < -0.39 is 11.7 Å². The average molecular weight is 334 g/mol. The first-order chi connectivity index (χ1) is 11.5. The molecule has 126 valence electrons. The van der Waals surface area contributed by atoms with Gasteiger partial charge in [0.05, 0.1) is 23.8 Å². The normalized spacial score (nSPS) is 13.0. The minimum absolute atomic E-state index is 0.00898. The van der Waals surface area contributed by atoms with Crippen molar-refractivity contribution < 1.29 is 17.9 Å². The highest BCUT2D eigenvalue weighted by Gasteiger charge is 2.34. The number of nitriles is 1. The van der Waals surface area contributed by atoms with Crippen molar-refractivity contribution >= 4 is 0 Å². The van der Waals surface area contributed by atoms with Crippen molar-refractivity contribution in [3.8, 4) is 22.9 Å². The third-order valence-corrected chi connectivity index (χ3v) is 3.68. The SMILES string of the molecule is CN.N#Cc1ccc(C(F)(F)F)c(-c2cccc3c2OCCC3)c1. The molecule has 1 aliphatic heterocycles. The molecule has 6 heteroatoms. The topological polar surface area (TPSA) is 59.0 Å². The van der Waals surface area contributed by atoms with Crippen molar-refractivity contribution in [3.63, 3.8) is 0 Å². The molecule has 0 saturated heterocycles. The number of fused-ring (bicyclic) bond motifs is 1. The predicted octanol–water partition coefficient (Wildman–Crippen LogP) is 4.14. The van der Waals surface area contributed by atoms with E-state index in [9.17, 15) is 13.2 Å². The molecule has 2 N–H and O–H groups in total. The Kier molecular flexibility index (Phi) is 5.47.